The highest BCUT2D eigenvalue weighted by Crippen LogP contribution is 2.38. The second kappa shape index (κ2) is 6.07. The van der Waals surface area contributed by atoms with E-state index in [4.69, 9.17) is 4.74 Å². The zero-order valence-electron chi connectivity index (χ0n) is 11.8. The molecule has 0 amide bonds. The fraction of sp³-hybridized carbons (Fsp3) is 0.200. The maximum atomic E-state index is 11.8. The molecule has 0 radical (unpaired) electrons. The lowest BCUT2D eigenvalue weighted by atomic mass is 9.88. The number of hydrogen-bond donors (Lipinski definition) is 1. The van der Waals surface area contributed by atoms with Gasteiger partial charge in [0.25, 0.3) is 0 Å². The average Bonchev–Trinajstić information content (AvgIpc) is 3.02. The largest absolute Gasteiger partial charge is 0.508 e. The van der Waals surface area contributed by atoms with Gasteiger partial charge in [0.05, 0.1) is 25.3 Å². The number of esters is 1. The van der Waals surface area contributed by atoms with E-state index in [1.165, 1.54) is 7.11 Å². The SMILES string of the molecule is COC(=O)CC(c1cccnc1)c1c(O)ccc2nsnc12. The van der Waals surface area contributed by atoms with E-state index < -0.39 is 5.92 Å². The highest BCUT2D eigenvalue weighted by molar-refractivity contribution is 7.00. The molecular formula is C15H13N3O3S. The molecular weight excluding hydrogens is 302 g/mol. The lowest BCUT2D eigenvalue weighted by Gasteiger charge is -2.18. The first-order valence-electron chi connectivity index (χ1n) is 6.61. The summed E-state index contributed by atoms with van der Waals surface area (Å²) in [6.07, 6.45) is 3.42. The summed E-state index contributed by atoms with van der Waals surface area (Å²) in [4.78, 5) is 15.9. The first kappa shape index (κ1) is 14.4. The van der Waals surface area contributed by atoms with Crippen LogP contribution < -0.4 is 0 Å². The van der Waals surface area contributed by atoms with Crippen LogP contribution in [0.2, 0.25) is 0 Å². The van der Waals surface area contributed by atoms with Gasteiger partial charge in [0.1, 0.15) is 16.8 Å². The molecule has 0 aliphatic rings. The summed E-state index contributed by atoms with van der Waals surface area (Å²) in [5, 5.41) is 10.3. The predicted octanol–water partition coefficient (Wildman–Crippen LogP) is 2.49. The Morgan fingerprint density at radius 1 is 1.36 bits per heavy atom. The number of nitrogens with zero attached hydrogens (tertiary/aromatic N) is 3. The minimum Gasteiger partial charge on any atom is -0.508 e. The van der Waals surface area contributed by atoms with Crippen LogP contribution in [0, 0.1) is 0 Å². The molecule has 1 unspecified atom stereocenters. The quantitative estimate of drug-likeness (QED) is 0.745. The fourth-order valence-electron chi connectivity index (χ4n) is 2.42. The number of pyridine rings is 1. The van der Waals surface area contributed by atoms with E-state index in [0.29, 0.717) is 16.6 Å². The number of aromatic nitrogens is 3. The smallest absolute Gasteiger partial charge is 0.306 e. The van der Waals surface area contributed by atoms with Crippen LogP contribution in [0.15, 0.2) is 36.7 Å². The molecule has 112 valence electrons. The zero-order valence-corrected chi connectivity index (χ0v) is 12.6. The van der Waals surface area contributed by atoms with Gasteiger partial charge in [-0.2, -0.15) is 8.75 Å². The van der Waals surface area contributed by atoms with Crippen molar-refractivity contribution in [3.05, 3.63) is 47.8 Å². The van der Waals surface area contributed by atoms with E-state index in [0.717, 1.165) is 17.3 Å². The Labute approximate surface area is 130 Å². The third kappa shape index (κ3) is 2.62. The molecule has 0 spiro atoms. The number of methoxy groups -OCH3 is 1. The lowest BCUT2D eigenvalue weighted by molar-refractivity contribution is -0.140. The van der Waals surface area contributed by atoms with Crippen LogP contribution in [0.4, 0.5) is 0 Å². The molecule has 6 nitrogen and oxygen atoms in total. The van der Waals surface area contributed by atoms with Crippen molar-refractivity contribution >= 4 is 28.7 Å². The van der Waals surface area contributed by atoms with Crippen LogP contribution >= 0.6 is 11.7 Å². The molecule has 1 atom stereocenters. The Morgan fingerprint density at radius 3 is 2.95 bits per heavy atom. The Bertz CT molecular complexity index is 804. The third-order valence-corrected chi connectivity index (χ3v) is 4.02. The monoisotopic (exact) mass is 315 g/mol. The summed E-state index contributed by atoms with van der Waals surface area (Å²) in [6.45, 7) is 0. The van der Waals surface area contributed by atoms with Crippen molar-refractivity contribution in [3.8, 4) is 5.75 Å². The number of aromatic hydroxyl groups is 1. The molecule has 1 aromatic carbocycles. The highest BCUT2D eigenvalue weighted by atomic mass is 32.1. The Hall–Kier alpha value is -2.54. The predicted molar refractivity (Wildman–Crippen MR) is 81.8 cm³/mol. The summed E-state index contributed by atoms with van der Waals surface area (Å²) >= 11 is 1.07. The number of rotatable bonds is 4. The standard InChI is InChI=1S/C15H13N3O3S/c1-21-13(20)7-10(9-3-2-6-16-8-9)14-12(19)5-4-11-15(14)18-22-17-11/h2-6,8,10,19H,7H2,1H3. The van der Waals surface area contributed by atoms with Gasteiger partial charge in [-0.25, -0.2) is 0 Å². The van der Waals surface area contributed by atoms with Crippen LogP contribution in [0.5, 0.6) is 5.75 Å². The normalized spacial score (nSPS) is 12.2. The summed E-state index contributed by atoms with van der Waals surface area (Å²) < 4.78 is 13.2. The van der Waals surface area contributed by atoms with Crippen LogP contribution in [0.1, 0.15) is 23.5 Å². The van der Waals surface area contributed by atoms with Crippen LogP contribution in [0.25, 0.3) is 11.0 Å². The molecule has 0 aliphatic carbocycles. The molecule has 2 aromatic heterocycles. The molecule has 3 aromatic rings. The van der Waals surface area contributed by atoms with E-state index in [-0.39, 0.29) is 18.1 Å². The molecule has 0 aliphatic heterocycles. The van der Waals surface area contributed by atoms with Crippen molar-refractivity contribution in [1.29, 1.82) is 0 Å². The van der Waals surface area contributed by atoms with Gasteiger partial charge in [0.2, 0.25) is 0 Å². The molecule has 0 fully saturated rings. The van der Waals surface area contributed by atoms with Crippen molar-refractivity contribution in [3.63, 3.8) is 0 Å². The van der Waals surface area contributed by atoms with E-state index >= 15 is 0 Å². The Morgan fingerprint density at radius 2 is 2.23 bits per heavy atom. The van der Waals surface area contributed by atoms with Crippen molar-refractivity contribution in [2.45, 2.75) is 12.3 Å². The molecule has 1 N–H and O–H groups in total. The molecule has 0 saturated heterocycles. The molecule has 2 heterocycles. The van der Waals surface area contributed by atoms with Gasteiger partial charge in [-0.15, -0.1) is 0 Å². The van der Waals surface area contributed by atoms with E-state index in [1.54, 1.807) is 30.6 Å². The average molecular weight is 315 g/mol. The van der Waals surface area contributed by atoms with Gasteiger partial charge in [0.15, 0.2) is 0 Å². The van der Waals surface area contributed by atoms with Crippen molar-refractivity contribution < 1.29 is 14.6 Å². The summed E-state index contributed by atoms with van der Waals surface area (Å²) in [5.74, 6) is -0.680. The first-order chi connectivity index (χ1) is 10.7. The molecule has 0 saturated carbocycles. The molecule has 0 bridgehead atoms. The van der Waals surface area contributed by atoms with Gasteiger partial charge in [-0.05, 0) is 23.8 Å². The minimum atomic E-state index is -0.395. The van der Waals surface area contributed by atoms with Crippen molar-refractivity contribution in [1.82, 2.24) is 13.7 Å². The Kier molecular flexibility index (Phi) is 3.97. The second-order valence-corrected chi connectivity index (χ2v) is 5.28. The number of benzene rings is 1. The van der Waals surface area contributed by atoms with E-state index in [2.05, 4.69) is 13.7 Å². The van der Waals surface area contributed by atoms with Gasteiger partial charge >= 0.3 is 5.97 Å². The van der Waals surface area contributed by atoms with Gasteiger partial charge in [-0.1, -0.05) is 6.07 Å². The first-order valence-corrected chi connectivity index (χ1v) is 7.34. The van der Waals surface area contributed by atoms with Crippen molar-refractivity contribution in [2.75, 3.05) is 7.11 Å². The van der Waals surface area contributed by atoms with Gasteiger partial charge in [-0.3, -0.25) is 9.78 Å². The van der Waals surface area contributed by atoms with E-state index in [1.807, 2.05) is 6.07 Å². The number of hydrogen-bond acceptors (Lipinski definition) is 7. The number of carbonyl (C=O) groups is 1. The number of fused-ring (bicyclic) bond motifs is 1. The number of phenols is 1. The summed E-state index contributed by atoms with van der Waals surface area (Å²) in [6, 6.07) is 6.92. The number of carbonyl (C=O) groups excluding carboxylic acids is 1. The Balaban J connectivity index is 2.17. The fourth-order valence-corrected chi connectivity index (χ4v) is 2.97. The summed E-state index contributed by atoms with van der Waals surface area (Å²) in [7, 11) is 1.34. The topological polar surface area (TPSA) is 85.2 Å². The van der Waals surface area contributed by atoms with Crippen LogP contribution in [-0.2, 0) is 9.53 Å². The second-order valence-electron chi connectivity index (χ2n) is 4.75. The van der Waals surface area contributed by atoms with Crippen LogP contribution in [-0.4, -0.2) is 31.9 Å². The number of ether oxygens (including phenoxy) is 1. The zero-order chi connectivity index (χ0) is 15.5. The van der Waals surface area contributed by atoms with Crippen LogP contribution in [0.3, 0.4) is 0 Å². The maximum absolute atomic E-state index is 11.8. The summed E-state index contributed by atoms with van der Waals surface area (Å²) in [5.41, 5.74) is 2.67. The van der Waals surface area contributed by atoms with Crippen molar-refractivity contribution in [2.24, 2.45) is 0 Å². The minimum absolute atomic E-state index is 0.0814. The number of phenolic OH excluding ortho intramolecular Hbond substituents is 1. The van der Waals surface area contributed by atoms with Gasteiger partial charge in [0, 0.05) is 23.9 Å². The third-order valence-electron chi connectivity index (χ3n) is 3.48. The van der Waals surface area contributed by atoms with E-state index in [9.17, 15) is 9.90 Å². The molecule has 22 heavy (non-hydrogen) atoms. The molecule has 3 rings (SSSR count). The van der Waals surface area contributed by atoms with Gasteiger partial charge < -0.3 is 9.84 Å². The molecule has 7 heteroatoms. The highest BCUT2D eigenvalue weighted by Gasteiger charge is 2.25. The maximum Gasteiger partial charge on any atom is 0.306 e. The lowest BCUT2D eigenvalue weighted by Crippen LogP contribution is -2.11.